The summed E-state index contributed by atoms with van der Waals surface area (Å²) in [6, 6.07) is 7.89. The Morgan fingerprint density at radius 3 is 2.28 bits per heavy atom. The first-order valence-electron chi connectivity index (χ1n) is 6.81. The third-order valence-electron chi connectivity index (χ3n) is 3.36. The van der Waals surface area contributed by atoms with Crippen LogP contribution in [0.4, 0.5) is 20.2 Å². The molecule has 0 atom stereocenters. The first-order chi connectivity index (χ1) is 11.6. The van der Waals surface area contributed by atoms with Gasteiger partial charge < -0.3 is 5.32 Å². The Morgan fingerprint density at radius 2 is 1.76 bits per heavy atom. The average Bonchev–Trinajstić information content (AvgIpc) is 2.56. The Labute approximate surface area is 141 Å². The molecule has 10 heteroatoms. The molecule has 0 heterocycles. The van der Waals surface area contributed by atoms with Crippen LogP contribution in [0.1, 0.15) is 15.9 Å². The first kappa shape index (κ1) is 18.5. The van der Waals surface area contributed by atoms with Crippen LogP contribution in [0.15, 0.2) is 47.4 Å². The molecule has 0 spiro atoms. The molecule has 0 aliphatic rings. The number of anilines is 1. The SMILES string of the molecule is Cc1ccc([N+](=O)[O-])cc1NC(=O)c1ccc(S(=O)(=O)C(F)F)cc1. The van der Waals surface area contributed by atoms with Crippen molar-refractivity contribution in [2.24, 2.45) is 0 Å². The number of nitrogens with one attached hydrogen (secondary N) is 1. The van der Waals surface area contributed by atoms with Crippen molar-refractivity contribution < 1.29 is 26.9 Å². The molecule has 1 amide bonds. The standard InChI is InChI=1S/C15H12F2N2O5S/c1-9-2-5-11(19(21)22)8-13(9)18-14(20)10-3-6-12(7-4-10)25(23,24)15(16)17/h2-8,15H,1H3,(H,18,20). The number of rotatable bonds is 5. The number of alkyl halides is 2. The van der Waals surface area contributed by atoms with Crippen LogP contribution in [-0.2, 0) is 9.84 Å². The van der Waals surface area contributed by atoms with E-state index in [2.05, 4.69) is 5.32 Å². The highest BCUT2D eigenvalue weighted by Gasteiger charge is 2.26. The Bertz CT molecular complexity index is 927. The van der Waals surface area contributed by atoms with Gasteiger partial charge in [0.2, 0.25) is 9.84 Å². The molecule has 132 valence electrons. The highest BCUT2D eigenvalue weighted by Crippen LogP contribution is 2.23. The second kappa shape index (κ2) is 6.93. The third-order valence-corrected chi connectivity index (χ3v) is 4.76. The molecule has 0 radical (unpaired) electrons. The molecule has 0 saturated carbocycles. The van der Waals surface area contributed by atoms with Gasteiger partial charge in [0.1, 0.15) is 0 Å². The fraction of sp³-hybridized carbons (Fsp3) is 0.133. The number of hydrogen-bond acceptors (Lipinski definition) is 5. The Balaban J connectivity index is 2.25. The molecule has 2 rings (SSSR count). The molecule has 0 fully saturated rings. The van der Waals surface area contributed by atoms with Crippen molar-refractivity contribution in [3.63, 3.8) is 0 Å². The van der Waals surface area contributed by atoms with E-state index >= 15 is 0 Å². The van der Waals surface area contributed by atoms with Crippen LogP contribution >= 0.6 is 0 Å². The van der Waals surface area contributed by atoms with E-state index in [-0.39, 0.29) is 16.9 Å². The summed E-state index contributed by atoms with van der Waals surface area (Å²) in [6.07, 6.45) is 0. The number of nitrogens with zero attached hydrogens (tertiary/aromatic N) is 1. The maximum absolute atomic E-state index is 12.5. The monoisotopic (exact) mass is 370 g/mol. The van der Waals surface area contributed by atoms with Crippen molar-refractivity contribution in [3.8, 4) is 0 Å². The van der Waals surface area contributed by atoms with Crippen LogP contribution in [-0.4, -0.2) is 25.0 Å². The summed E-state index contributed by atoms with van der Waals surface area (Å²) in [5.41, 5.74) is 0.595. The lowest BCUT2D eigenvalue weighted by molar-refractivity contribution is -0.384. The minimum atomic E-state index is -4.74. The quantitative estimate of drug-likeness (QED) is 0.643. The van der Waals surface area contributed by atoms with Crippen LogP contribution in [0.25, 0.3) is 0 Å². The van der Waals surface area contributed by atoms with E-state index in [0.717, 1.165) is 24.3 Å². The number of carbonyl (C=O) groups is 1. The molecule has 0 saturated heterocycles. The molecule has 2 aromatic carbocycles. The van der Waals surface area contributed by atoms with Crippen molar-refractivity contribution in [2.45, 2.75) is 17.6 Å². The Hall–Kier alpha value is -2.88. The van der Waals surface area contributed by atoms with E-state index in [0.29, 0.717) is 5.56 Å². The largest absolute Gasteiger partial charge is 0.341 e. The molecule has 1 N–H and O–H groups in total. The lowest BCUT2D eigenvalue weighted by atomic mass is 10.1. The molecule has 25 heavy (non-hydrogen) atoms. The first-order valence-corrected chi connectivity index (χ1v) is 8.36. The van der Waals surface area contributed by atoms with Gasteiger partial charge in [-0.05, 0) is 36.8 Å². The van der Waals surface area contributed by atoms with E-state index in [1.165, 1.54) is 18.2 Å². The highest BCUT2D eigenvalue weighted by atomic mass is 32.2. The number of benzene rings is 2. The number of hydrogen-bond donors (Lipinski definition) is 1. The van der Waals surface area contributed by atoms with E-state index in [1.54, 1.807) is 6.92 Å². The second-order valence-electron chi connectivity index (χ2n) is 5.04. The topological polar surface area (TPSA) is 106 Å². The van der Waals surface area contributed by atoms with Crippen LogP contribution in [0.3, 0.4) is 0 Å². The van der Waals surface area contributed by atoms with Gasteiger partial charge in [-0.15, -0.1) is 0 Å². The molecule has 0 aromatic heterocycles. The van der Waals surface area contributed by atoms with Crippen LogP contribution < -0.4 is 5.32 Å². The number of aryl methyl sites for hydroxylation is 1. The molecular formula is C15H12F2N2O5S. The van der Waals surface area contributed by atoms with Crippen LogP contribution in [0.2, 0.25) is 0 Å². The number of nitro groups is 1. The zero-order valence-corrected chi connectivity index (χ0v) is 13.6. The van der Waals surface area contributed by atoms with Gasteiger partial charge in [0.05, 0.1) is 15.5 Å². The average molecular weight is 370 g/mol. The van der Waals surface area contributed by atoms with Crippen LogP contribution in [0.5, 0.6) is 0 Å². The number of non-ortho nitro benzene ring substituents is 1. The number of sulfone groups is 1. The predicted molar refractivity (Wildman–Crippen MR) is 85.4 cm³/mol. The summed E-state index contributed by atoms with van der Waals surface area (Å²) >= 11 is 0. The minimum Gasteiger partial charge on any atom is -0.321 e. The number of nitro benzene ring substituents is 1. The van der Waals surface area contributed by atoms with Gasteiger partial charge >= 0.3 is 5.76 Å². The maximum Gasteiger partial charge on any atom is 0.341 e. The van der Waals surface area contributed by atoms with Crippen molar-refractivity contribution in [1.82, 2.24) is 0 Å². The molecular weight excluding hydrogens is 358 g/mol. The highest BCUT2D eigenvalue weighted by molar-refractivity contribution is 7.91. The van der Waals surface area contributed by atoms with Crippen molar-refractivity contribution in [3.05, 3.63) is 63.7 Å². The van der Waals surface area contributed by atoms with E-state index < -0.39 is 31.3 Å². The van der Waals surface area contributed by atoms with Gasteiger partial charge in [-0.2, -0.15) is 8.78 Å². The molecule has 0 bridgehead atoms. The lowest BCUT2D eigenvalue weighted by Gasteiger charge is -2.09. The summed E-state index contributed by atoms with van der Waals surface area (Å²) < 4.78 is 47.6. The minimum absolute atomic E-state index is 0.0131. The summed E-state index contributed by atoms with van der Waals surface area (Å²) in [6.45, 7) is 1.64. The van der Waals surface area contributed by atoms with Gasteiger partial charge in [-0.25, -0.2) is 8.42 Å². The van der Waals surface area contributed by atoms with E-state index in [4.69, 9.17) is 0 Å². The van der Waals surface area contributed by atoms with E-state index in [1.807, 2.05) is 0 Å². The molecule has 0 unspecified atom stereocenters. The van der Waals surface area contributed by atoms with Gasteiger partial charge in [0.15, 0.2) is 0 Å². The summed E-state index contributed by atoms with van der Waals surface area (Å²) in [5.74, 6) is -4.22. The fourth-order valence-corrected chi connectivity index (χ4v) is 2.67. The summed E-state index contributed by atoms with van der Waals surface area (Å²) in [4.78, 5) is 21.7. The number of carbonyl (C=O) groups excluding carboxylic acids is 1. The predicted octanol–water partition coefficient (Wildman–Crippen LogP) is 3.15. The normalized spacial score (nSPS) is 11.4. The second-order valence-corrected chi connectivity index (χ2v) is 6.96. The molecule has 7 nitrogen and oxygen atoms in total. The smallest absolute Gasteiger partial charge is 0.321 e. The number of amides is 1. The molecule has 0 aliphatic heterocycles. The van der Waals surface area contributed by atoms with Crippen molar-refractivity contribution in [2.75, 3.05) is 5.32 Å². The van der Waals surface area contributed by atoms with Gasteiger partial charge in [0.25, 0.3) is 11.6 Å². The Morgan fingerprint density at radius 1 is 1.16 bits per heavy atom. The fourth-order valence-electron chi connectivity index (χ4n) is 1.95. The summed E-state index contributed by atoms with van der Waals surface area (Å²) in [5, 5.41) is 13.2. The van der Waals surface area contributed by atoms with Crippen LogP contribution in [0, 0.1) is 17.0 Å². The zero-order chi connectivity index (χ0) is 18.8. The van der Waals surface area contributed by atoms with Gasteiger partial charge in [-0.1, -0.05) is 6.07 Å². The molecule has 2 aromatic rings. The molecule has 0 aliphatic carbocycles. The summed E-state index contributed by atoms with van der Waals surface area (Å²) in [7, 11) is -4.74. The number of halogens is 2. The Kier molecular flexibility index (Phi) is 5.12. The van der Waals surface area contributed by atoms with Crippen molar-refractivity contribution in [1.29, 1.82) is 0 Å². The van der Waals surface area contributed by atoms with Gasteiger partial charge in [0, 0.05) is 17.7 Å². The van der Waals surface area contributed by atoms with Gasteiger partial charge in [-0.3, -0.25) is 14.9 Å². The van der Waals surface area contributed by atoms with E-state index in [9.17, 15) is 32.1 Å². The zero-order valence-electron chi connectivity index (χ0n) is 12.8. The lowest BCUT2D eigenvalue weighted by Crippen LogP contribution is -2.14. The maximum atomic E-state index is 12.5. The third kappa shape index (κ3) is 3.97. The van der Waals surface area contributed by atoms with Crippen molar-refractivity contribution >= 4 is 27.1 Å².